The first-order valence-electron chi connectivity index (χ1n) is 5.20. The number of nitro benzene ring substituents is 2. The van der Waals surface area contributed by atoms with Crippen LogP contribution in [-0.2, 0) is 0 Å². The third-order valence-corrected chi connectivity index (χ3v) is 4.98. The highest BCUT2D eigenvalue weighted by Gasteiger charge is 2.18. The summed E-state index contributed by atoms with van der Waals surface area (Å²) >= 11 is -0.482. The number of non-ortho nitro benzene ring substituents is 2. The fourth-order valence-electron chi connectivity index (χ4n) is 1.38. The van der Waals surface area contributed by atoms with Crippen LogP contribution < -0.4 is 33.6 Å². The Morgan fingerprint density at radius 3 is 1.25 bits per heavy atom. The zero-order valence-corrected chi connectivity index (χ0v) is 12.8. The Labute approximate surface area is 130 Å². The summed E-state index contributed by atoms with van der Waals surface area (Å²) in [5.41, 5.74) is 0.132. The van der Waals surface area contributed by atoms with Crippen molar-refractivity contribution in [2.75, 3.05) is 0 Å². The molecule has 0 atom stereocenters. The van der Waals surface area contributed by atoms with Crippen molar-refractivity contribution >= 4 is 11.4 Å². The lowest BCUT2D eigenvalue weighted by atomic mass is 10.3. The summed E-state index contributed by atoms with van der Waals surface area (Å²) in [5, 5.41) is 21.0. The second-order valence-corrected chi connectivity index (χ2v) is 6.59. The van der Waals surface area contributed by atoms with Crippen molar-refractivity contribution in [3.05, 3.63) is 75.9 Å². The lowest BCUT2D eigenvalue weighted by molar-refractivity contribution is -0.597. The molecule has 0 saturated heterocycles. The molecule has 8 heteroatoms. The van der Waals surface area contributed by atoms with Gasteiger partial charge < -0.3 is 12.4 Å². The molecule has 0 aliphatic heterocycles. The molecule has 2 aromatic carbocycles. The summed E-state index contributed by atoms with van der Waals surface area (Å²) in [4.78, 5) is 20.2. The van der Waals surface area contributed by atoms with Crippen LogP contribution in [0, 0.1) is 27.4 Å². The molecule has 104 valence electrons. The predicted octanol–water partition coefficient (Wildman–Crippen LogP) is -3.36. The van der Waals surface area contributed by atoms with Crippen LogP contribution in [0.4, 0.5) is 11.4 Å². The molecule has 0 spiro atoms. The van der Waals surface area contributed by atoms with E-state index in [1.807, 2.05) is 0 Å². The summed E-state index contributed by atoms with van der Waals surface area (Å²) in [5.74, 6) is 0. The van der Waals surface area contributed by atoms with Crippen molar-refractivity contribution in [2.24, 2.45) is 0 Å². The highest BCUT2D eigenvalue weighted by Crippen LogP contribution is 2.08. The van der Waals surface area contributed by atoms with E-state index in [4.69, 9.17) is 0 Å². The minimum atomic E-state index is -0.482. The number of hydrogen-bond donors (Lipinski definition) is 0. The monoisotopic (exact) mass is 406 g/mol. The fourth-order valence-corrected chi connectivity index (χ4v) is 3.54. The van der Waals surface area contributed by atoms with Gasteiger partial charge in [-0.2, -0.15) is 0 Å². The molecule has 0 aromatic heterocycles. The second-order valence-electron chi connectivity index (χ2n) is 3.56. The molecule has 0 bridgehead atoms. The standard InChI is InChI=1S/C12H8IN2O4.ClH/c16-14(17)11-5-1-9(2-6-11)13-10-3-7-12(8-4-10)15(18)19;/h1-8H;1H/q+1;/p-1. The third kappa shape index (κ3) is 4.14. The minimum absolute atomic E-state index is 0. The van der Waals surface area contributed by atoms with Gasteiger partial charge in [-0.25, -0.2) is 0 Å². The molecule has 2 aromatic rings. The first-order valence-corrected chi connectivity index (χ1v) is 7.36. The van der Waals surface area contributed by atoms with Crippen molar-refractivity contribution in [3.63, 3.8) is 0 Å². The van der Waals surface area contributed by atoms with Crippen molar-refractivity contribution in [3.8, 4) is 0 Å². The van der Waals surface area contributed by atoms with E-state index in [0.717, 1.165) is 7.14 Å². The fraction of sp³-hybridized carbons (Fsp3) is 0. The summed E-state index contributed by atoms with van der Waals surface area (Å²) < 4.78 is 2.05. The van der Waals surface area contributed by atoms with E-state index in [9.17, 15) is 20.2 Å². The Morgan fingerprint density at radius 2 is 1.00 bits per heavy atom. The maximum atomic E-state index is 10.5. The van der Waals surface area contributed by atoms with E-state index in [1.54, 1.807) is 24.3 Å². The first kappa shape index (κ1) is 16.3. The average Bonchev–Trinajstić information content (AvgIpc) is 2.40. The first-order chi connectivity index (χ1) is 9.06. The zero-order valence-electron chi connectivity index (χ0n) is 9.90. The molecular weight excluding hydrogens is 398 g/mol. The zero-order chi connectivity index (χ0) is 13.8. The predicted molar refractivity (Wildman–Crippen MR) is 63.6 cm³/mol. The van der Waals surface area contributed by atoms with Crippen LogP contribution in [0.15, 0.2) is 48.5 Å². The number of halogens is 2. The summed E-state index contributed by atoms with van der Waals surface area (Å²) in [6.45, 7) is 0. The lowest BCUT2D eigenvalue weighted by Gasteiger charge is -1.90. The van der Waals surface area contributed by atoms with E-state index in [0.29, 0.717) is 0 Å². The van der Waals surface area contributed by atoms with Crippen molar-refractivity contribution in [1.82, 2.24) is 0 Å². The van der Waals surface area contributed by atoms with Gasteiger partial charge >= 0.3 is 21.2 Å². The van der Waals surface area contributed by atoms with E-state index in [-0.39, 0.29) is 23.8 Å². The quantitative estimate of drug-likeness (QED) is 0.301. The Kier molecular flexibility index (Phi) is 5.83. The third-order valence-electron chi connectivity index (χ3n) is 2.29. The molecule has 0 amide bonds. The van der Waals surface area contributed by atoms with Gasteiger partial charge in [-0.3, -0.25) is 20.2 Å². The van der Waals surface area contributed by atoms with Crippen LogP contribution in [0.2, 0.25) is 0 Å². The number of nitrogens with zero attached hydrogens (tertiary/aromatic N) is 2. The smallest absolute Gasteiger partial charge is 0.357 e. The molecular formula is C12H8ClIN2O4. The molecule has 0 aliphatic carbocycles. The molecule has 0 radical (unpaired) electrons. The number of nitro groups is 2. The maximum absolute atomic E-state index is 10.5. The van der Waals surface area contributed by atoms with Gasteiger partial charge in [-0.05, 0) is 24.3 Å². The molecule has 0 fully saturated rings. The second kappa shape index (κ2) is 7.15. The van der Waals surface area contributed by atoms with Crippen LogP contribution in [0.1, 0.15) is 0 Å². The summed E-state index contributed by atoms with van der Waals surface area (Å²) in [7, 11) is 0. The van der Waals surface area contributed by atoms with Gasteiger partial charge in [0.2, 0.25) is 0 Å². The number of hydrogen-bond acceptors (Lipinski definition) is 4. The molecule has 0 saturated carbocycles. The van der Waals surface area contributed by atoms with Crippen molar-refractivity contribution in [2.45, 2.75) is 0 Å². The van der Waals surface area contributed by atoms with Crippen molar-refractivity contribution in [1.29, 1.82) is 0 Å². The Bertz CT molecular complexity index is 561. The van der Waals surface area contributed by atoms with Gasteiger partial charge in [0.05, 0.1) is 9.85 Å². The highest BCUT2D eigenvalue weighted by atomic mass is 127. The Morgan fingerprint density at radius 1 is 0.700 bits per heavy atom. The van der Waals surface area contributed by atoms with E-state index < -0.39 is 31.1 Å². The molecule has 0 aliphatic rings. The summed E-state index contributed by atoms with van der Waals surface area (Å²) in [6, 6.07) is 12.8. The normalized spacial score (nSPS) is 9.60. The van der Waals surface area contributed by atoms with Gasteiger partial charge in [0, 0.05) is 24.3 Å². The largest absolute Gasteiger partial charge is 1.00 e. The maximum Gasteiger partial charge on any atom is 0.357 e. The van der Waals surface area contributed by atoms with Gasteiger partial charge in [-0.1, -0.05) is 0 Å². The molecule has 0 heterocycles. The minimum Gasteiger partial charge on any atom is -1.00 e. The van der Waals surface area contributed by atoms with Crippen LogP contribution in [0.25, 0.3) is 0 Å². The Balaban J connectivity index is 0.00000200. The SMILES string of the molecule is O=[N+]([O-])c1ccc([I+]c2ccc([N+](=O)[O-])cc2)cc1.[Cl-]. The van der Waals surface area contributed by atoms with Gasteiger partial charge in [0.1, 0.15) is 0 Å². The molecule has 0 unspecified atom stereocenters. The summed E-state index contributed by atoms with van der Waals surface area (Å²) in [6.07, 6.45) is 0. The van der Waals surface area contributed by atoms with Crippen LogP contribution in [0.3, 0.4) is 0 Å². The number of benzene rings is 2. The van der Waals surface area contributed by atoms with Crippen LogP contribution in [0.5, 0.6) is 0 Å². The van der Waals surface area contributed by atoms with Gasteiger partial charge in [0.15, 0.2) is 7.14 Å². The number of rotatable bonds is 4. The molecule has 0 N–H and O–H groups in total. The molecule has 2 rings (SSSR count). The van der Waals surface area contributed by atoms with Crippen LogP contribution in [-0.4, -0.2) is 9.85 Å². The average molecular weight is 407 g/mol. The highest BCUT2D eigenvalue weighted by molar-refractivity contribution is 5.29. The molecule has 6 nitrogen and oxygen atoms in total. The van der Waals surface area contributed by atoms with E-state index in [2.05, 4.69) is 0 Å². The Hall–Kier alpha value is -1.74. The van der Waals surface area contributed by atoms with Gasteiger partial charge in [-0.15, -0.1) is 0 Å². The lowest BCUT2D eigenvalue weighted by Crippen LogP contribution is -3.61. The topological polar surface area (TPSA) is 86.3 Å². The molecule has 20 heavy (non-hydrogen) atoms. The van der Waals surface area contributed by atoms with Crippen molar-refractivity contribution < 1.29 is 43.5 Å². The van der Waals surface area contributed by atoms with Gasteiger partial charge in [0.25, 0.3) is 11.4 Å². The van der Waals surface area contributed by atoms with E-state index in [1.165, 1.54) is 24.3 Å². The van der Waals surface area contributed by atoms with Crippen LogP contribution >= 0.6 is 0 Å². The van der Waals surface area contributed by atoms with E-state index >= 15 is 0 Å².